The number of nitrogens with zero attached hydrogens (tertiary/aromatic N) is 6. The second-order valence-electron chi connectivity index (χ2n) is 13.7. The smallest absolute Gasteiger partial charge is 0.417 e. The highest BCUT2D eigenvalue weighted by molar-refractivity contribution is 5.70. The van der Waals surface area contributed by atoms with Gasteiger partial charge in [-0.05, 0) is 74.3 Å². The van der Waals surface area contributed by atoms with Crippen LogP contribution in [0.3, 0.4) is 0 Å². The molecule has 0 radical (unpaired) electrons. The minimum Gasteiger partial charge on any atom is -0.481 e. The van der Waals surface area contributed by atoms with Crippen LogP contribution in [0.15, 0.2) is 42.9 Å². The number of benzene rings is 1. The first-order valence-electron chi connectivity index (χ1n) is 17.2. The number of pyridine rings is 1. The normalized spacial score (nSPS) is 21.6. The van der Waals surface area contributed by atoms with E-state index in [4.69, 9.17) is 4.74 Å². The van der Waals surface area contributed by atoms with E-state index in [1.54, 1.807) is 0 Å². The van der Waals surface area contributed by atoms with Crippen LogP contribution in [0.25, 0.3) is 0 Å². The molecule has 1 unspecified atom stereocenters. The van der Waals surface area contributed by atoms with E-state index in [0.717, 1.165) is 6.07 Å². The Kier molecular flexibility index (Phi) is 11.0. The van der Waals surface area contributed by atoms with E-state index in [2.05, 4.69) is 15.0 Å². The van der Waals surface area contributed by atoms with Crippen LogP contribution in [-0.4, -0.2) is 64.9 Å². The van der Waals surface area contributed by atoms with Crippen molar-refractivity contribution in [3.63, 3.8) is 0 Å². The molecule has 1 aliphatic carbocycles. The van der Waals surface area contributed by atoms with Gasteiger partial charge in [0, 0.05) is 50.5 Å². The Morgan fingerprint density at radius 2 is 1.36 bits per heavy atom. The zero-order chi connectivity index (χ0) is 38.1. The summed E-state index contributed by atoms with van der Waals surface area (Å²) in [5, 5.41) is 9.48. The Balaban J connectivity index is 1.40. The average molecular weight is 761 g/mol. The number of morpholine rings is 1. The molecule has 288 valence electrons. The summed E-state index contributed by atoms with van der Waals surface area (Å²) in [5.41, 5.74) is -3.97. The van der Waals surface area contributed by atoms with Crippen molar-refractivity contribution in [1.82, 2.24) is 15.0 Å². The standard InChI is InChI=1S/C35H37F9N6O3/c36-33(37,38)25-12-21(13-26(15-25)34(39,40)41)19-49(32-46-17-28(18-47-32)48-8-10-53-11-9-48)20-24-14-27(35(42,43)44)16-45-30(24)50-7-1-2-29(50)22-3-5-23(6-4-22)31(51)52/h12-18,22-23,29H,1-11,19-20H2,(H,51,52)/t22-,23-,29?. The van der Waals surface area contributed by atoms with E-state index < -0.39 is 65.8 Å². The molecule has 3 aliphatic rings. The van der Waals surface area contributed by atoms with E-state index in [9.17, 15) is 49.4 Å². The number of carboxylic acids is 1. The molecule has 2 aromatic heterocycles. The molecule has 1 atom stereocenters. The first-order chi connectivity index (χ1) is 25.0. The van der Waals surface area contributed by atoms with E-state index in [-0.39, 0.29) is 35.4 Å². The zero-order valence-electron chi connectivity index (χ0n) is 28.3. The molecular weight excluding hydrogens is 723 g/mol. The van der Waals surface area contributed by atoms with E-state index >= 15 is 0 Å². The number of anilines is 3. The number of alkyl halides is 9. The van der Waals surface area contributed by atoms with Crippen LogP contribution in [0.1, 0.15) is 66.3 Å². The van der Waals surface area contributed by atoms with Gasteiger partial charge in [-0.2, -0.15) is 39.5 Å². The molecule has 1 aromatic carbocycles. The van der Waals surface area contributed by atoms with Gasteiger partial charge in [0.15, 0.2) is 0 Å². The molecule has 1 saturated carbocycles. The van der Waals surface area contributed by atoms with Crippen molar-refractivity contribution in [3.8, 4) is 0 Å². The van der Waals surface area contributed by atoms with Crippen molar-refractivity contribution in [2.45, 2.75) is 76.2 Å². The molecule has 0 amide bonds. The fourth-order valence-corrected chi connectivity index (χ4v) is 7.53. The number of ether oxygens (including phenoxy) is 1. The van der Waals surface area contributed by atoms with Crippen LogP contribution in [0.2, 0.25) is 0 Å². The van der Waals surface area contributed by atoms with Crippen LogP contribution in [-0.2, 0) is 41.1 Å². The van der Waals surface area contributed by atoms with Gasteiger partial charge < -0.3 is 24.5 Å². The monoisotopic (exact) mass is 760 g/mol. The van der Waals surface area contributed by atoms with E-state index in [1.165, 1.54) is 17.3 Å². The lowest BCUT2D eigenvalue weighted by Gasteiger charge is -2.37. The van der Waals surface area contributed by atoms with Crippen LogP contribution in [0.4, 0.5) is 57.0 Å². The number of aliphatic carboxylic acids is 1. The number of hydrogen-bond donors (Lipinski definition) is 1. The molecular formula is C35H37F9N6O3. The largest absolute Gasteiger partial charge is 0.481 e. The van der Waals surface area contributed by atoms with Gasteiger partial charge in [0.2, 0.25) is 5.95 Å². The fraction of sp³-hybridized carbons (Fsp3) is 0.543. The lowest BCUT2D eigenvalue weighted by molar-refractivity contribution is -0.144. The van der Waals surface area contributed by atoms with Gasteiger partial charge in [0.1, 0.15) is 5.82 Å². The average Bonchev–Trinajstić information content (AvgIpc) is 3.60. The van der Waals surface area contributed by atoms with Crippen molar-refractivity contribution < 1.29 is 54.2 Å². The molecule has 9 nitrogen and oxygen atoms in total. The molecule has 0 bridgehead atoms. The van der Waals surface area contributed by atoms with Crippen molar-refractivity contribution in [1.29, 1.82) is 0 Å². The van der Waals surface area contributed by atoms with Crippen molar-refractivity contribution in [2.24, 2.45) is 11.8 Å². The van der Waals surface area contributed by atoms with Crippen LogP contribution in [0, 0.1) is 11.8 Å². The van der Waals surface area contributed by atoms with Crippen LogP contribution in [0.5, 0.6) is 0 Å². The topological polar surface area (TPSA) is 94.9 Å². The third-order valence-electron chi connectivity index (χ3n) is 10.2. The number of hydrogen-bond acceptors (Lipinski definition) is 8. The molecule has 53 heavy (non-hydrogen) atoms. The highest BCUT2D eigenvalue weighted by atomic mass is 19.4. The maximum absolute atomic E-state index is 14.1. The van der Waals surface area contributed by atoms with Crippen molar-refractivity contribution >= 4 is 23.4 Å². The van der Waals surface area contributed by atoms with Crippen molar-refractivity contribution in [2.75, 3.05) is 47.5 Å². The SMILES string of the molecule is O=C(O)[C@H]1CC[C@H](C2CCCN2c2ncc(C(F)(F)F)cc2CN(Cc2cc(C(F)(F)F)cc(C(F)(F)F)c2)c2ncc(N3CCOCC3)cn2)CC1. The predicted molar refractivity (Wildman–Crippen MR) is 174 cm³/mol. The summed E-state index contributed by atoms with van der Waals surface area (Å²) in [6.07, 6.45) is -8.00. The molecule has 0 spiro atoms. The second kappa shape index (κ2) is 15.2. The van der Waals surface area contributed by atoms with E-state index in [1.807, 2.05) is 9.80 Å². The van der Waals surface area contributed by atoms with Crippen LogP contribution >= 0.6 is 0 Å². The van der Waals surface area contributed by atoms with Gasteiger partial charge in [0.05, 0.1) is 53.9 Å². The lowest BCUT2D eigenvalue weighted by atomic mass is 9.78. The number of aromatic nitrogens is 3. The number of carboxylic acid groups (broad SMARTS) is 1. The summed E-state index contributed by atoms with van der Waals surface area (Å²) < 4.78 is 131. The summed E-state index contributed by atoms with van der Waals surface area (Å²) in [6, 6.07) is 1.87. The summed E-state index contributed by atoms with van der Waals surface area (Å²) in [7, 11) is 0. The Labute approximate surface area is 298 Å². The van der Waals surface area contributed by atoms with Gasteiger partial charge in [0.25, 0.3) is 0 Å². The molecule has 3 aromatic rings. The number of carbonyl (C=O) groups is 1. The molecule has 2 aliphatic heterocycles. The number of rotatable bonds is 9. The second-order valence-corrected chi connectivity index (χ2v) is 13.7. The van der Waals surface area contributed by atoms with Gasteiger partial charge in [-0.1, -0.05) is 0 Å². The first-order valence-corrected chi connectivity index (χ1v) is 17.2. The molecule has 4 heterocycles. The zero-order valence-corrected chi connectivity index (χ0v) is 28.3. The molecule has 2 saturated heterocycles. The fourth-order valence-electron chi connectivity index (χ4n) is 7.53. The molecule has 3 fully saturated rings. The minimum atomic E-state index is -5.12. The maximum atomic E-state index is 14.1. The quantitative estimate of drug-likeness (QED) is 0.219. The summed E-state index contributed by atoms with van der Waals surface area (Å²) >= 11 is 0. The maximum Gasteiger partial charge on any atom is 0.417 e. The Hall–Kier alpha value is -4.35. The highest BCUT2D eigenvalue weighted by Crippen LogP contribution is 2.41. The number of halogens is 9. The first kappa shape index (κ1) is 38.4. The Morgan fingerprint density at radius 1 is 0.755 bits per heavy atom. The third-order valence-corrected chi connectivity index (χ3v) is 10.2. The van der Waals surface area contributed by atoms with Crippen molar-refractivity contribution in [3.05, 3.63) is 70.7 Å². The molecule has 6 rings (SSSR count). The summed E-state index contributed by atoms with van der Waals surface area (Å²) in [6.45, 7) is 1.28. The van der Waals surface area contributed by atoms with Gasteiger partial charge in [-0.25, -0.2) is 15.0 Å². The lowest BCUT2D eigenvalue weighted by Crippen LogP contribution is -2.39. The molecule has 18 heteroatoms. The van der Waals surface area contributed by atoms with Crippen LogP contribution < -0.4 is 14.7 Å². The van der Waals surface area contributed by atoms with Gasteiger partial charge in [-0.15, -0.1) is 0 Å². The Morgan fingerprint density at radius 3 is 1.92 bits per heavy atom. The highest BCUT2D eigenvalue weighted by Gasteiger charge is 2.40. The minimum absolute atomic E-state index is 0.00768. The van der Waals surface area contributed by atoms with Gasteiger partial charge in [-0.3, -0.25) is 4.79 Å². The third kappa shape index (κ3) is 9.07. The predicted octanol–water partition coefficient (Wildman–Crippen LogP) is 7.83. The molecule has 1 N–H and O–H groups in total. The van der Waals surface area contributed by atoms with Gasteiger partial charge >= 0.3 is 24.5 Å². The van der Waals surface area contributed by atoms with E-state index in [0.29, 0.717) is 95.4 Å². The Bertz CT molecular complexity index is 1710. The summed E-state index contributed by atoms with van der Waals surface area (Å²) in [5.74, 6) is -1.25. The summed E-state index contributed by atoms with van der Waals surface area (Å²) in [4.78, 5) is 29.6.